The van der Waals surface area contributed by atoms with Crippen LogP contribution in [0.3, 0.4) is 0 Å². The first kappa shape index (κ1) is 21.7. The first-order chi connectivity index (χ1) is 13.2. The number of hydrogen-bond donors (Lipinski definition) is 2. The first-order valence-corrected chi connectivity index (χ1v) is 10.5. The van der Waals surface area contributed by atoms with E-state index in [0.29, 0.717) is 5.92 Å². The number of nitrogens with zero attached hydrogens (tertiary/aromatic N) is 2. The summed E-state index contributed by atoms with van der Waals surface area (Å²) in [6.07, 6.45) is 5.03. The Kier molecular flexibility index (Phi) is 10.2. The lowest BCUT2D eigenvalue weighted by molar-refractivity contribution is 0.108. The Morgan fingerprint density at radius 1 is 1.11 bits per heavy atom. The monoisotopic (exact) mass is 374 g/mol. The lowest BCUT2D eigenvalue weighted by atomic mass is 10.0. The maximum Gasteiger partial charge on any atom is 0.191 e. The number of rotatable bonds is 10. The van der Waals surface area contributed by atoms with Gasteiger partial charge in [-0.3, -0.25) is 9.89 Å². The fraction of sp³-hybridized carbons (Fsp3) is 0.682. The molecule has 0 bridgehead atoms. The number of piperidine rings is 1. The van der Waals surface area contributed by atoms with Crippen LogP contribution in [0.5, 0.6) is 0 Å². The number of nitrogens with one attached hydrogen (secondary N) is 2. The Hall–Kier alpha value is -1.59. The van der Waals surface area contributed by atoms with E-state index in [2.05, 4.69) is 58.6 Å². The van der Waals surface area contributed by atoms with E-state index in [1.165, 1.54) is 43.5 Å². The van der Waals surface area contributed by atoms with Crippen molar-refractivity contribution in [3.8, 4) is 0 Å². The molecule has 5 heteroatoms. The van der Waals surface area contributed by atoms with Crippen molar-refractivity contribution in [2.75, 3.05) is 39.9 Å². The molecule has 27 heavy (non-hydrogen) atoms. The molecule has 1 saturated heterocycles. The molecule has 0 aliphatic carbocycles. The van der Waals surface area contributed by atoms with Crippen molar-refractivity contribution in [3.05, 3.63) is 35.4 Å². The molecule has 1 aliphatic heterocycles. The second-order valence-electron chi connectivity index (χ2n) is 7.78. The summed E-state index contributed by atoms with van der Waals surface area (Å²) >= 11 is 0. The van der Waals surface area contributed by atoms with Crippen molar-refractivity contribution in [1.29, 1.82) is 0 Å². The van der Waals surface area contributed by atoms with Gasteiger partial charge in [0.15, 0.2) is 5.96 Å². The van der Waals surface area contributed by atoms with E-state index in [1.54, 1.807) is 0 Å². The van der Waals surface area contributed by atoms with Gasteiger partial charge in [0, 0.05) is 39.9 Å². The SMILES string of the molecule is CN=C(NCCCOCC(C)C)NCc1ccccc1CN1CCCCC1. The van der Waals surface area contributed by atoms with Crippen molar-refractivity contribution in [2.24, 2.45) is 10.9 Å². The maximum absolute atomic E-state index is 5.62. The highest BCUT2D eigenvalue weighted by Gasteiger charge is 2.12. The molecule has 1 aliphatic rings. The molecule has 2 rings (SSSR count). The lowest BCUT2D eigenvalue weighted by Crippen LogP contribution is -2.38. The molecule has 0 amide bonds. The average Bonchev–Trinajstić information content (AvgIpc) is 2.68. The number of guanidine groups is 1. The van der Waals surface area contributed by atoms with Gasteiger partial charge < -0.3 is 15.4 Å². The van der Waals surface area contributed by atoms with Crippen LogP contribution in [0.4, 0.5) is 0 Å². The summed E-state index contributed by atoms with van der Waals surface area (Å²) in [6.45, 7) is 11.1. The number of ether oxygens (including phenoxy) is 1. The highest BCUT2D eigenvalue weighted by atomic mass is 16.5. The summed E-state index contributed by atoms with van der Waals surface area (Å²) in [4.78, 5) is 6.91. The highest BCUT2D eigenvalue weighted by molar-refractivity contribution is 5.79. The third kappa shape index (κ3) is 8.76. The molecule has 0 saturated carbocycles. The summed E-state index contributed by atoms with van der Waals surface area (Å²) in [6, 6.07) is 8.75. The Labute approximate surface area is 165 Å². The molecular weight excluding hydrogens is 336 g/mol. The van der Waals surface area contributed by atoms with Gasteiger partial charge in [-0.15, -0.1) is 0 Å². The van der Waals surface area contributed by atoms with Gasteiger partial charge in [-0.1, -0.05) is 44.5 Å². The van der Waals surface area contributed by atoms with Crippen LogP contribution in [0.2, 0.25) is 0 Å². The predicted molar refractivity (Wildman–Crippen MR) is 114 cm³/mol. The maximum atomic E-state index is 5.62. The minimum atomic E-state index is 0.595. The van der Waals surface area contributed by atoms with Gasteiger partial charge in [-0.25, -0.2) is 0 Å². The molecule has 1 aromatic rings. The summed E-state index contributed by atoms with van der Waals surface area (Å²) in [5.74, 6) is 1.45. The second kappa shape index (κ2) is 12.7. The van der Waals surface area contributed by atoms with E-state index >= 15 is 0 Å². The van der Waals surface area contributed by atoms with E-state index in [-0.39, 0.29) is 0 Å². The van der Waals surface area contributed by atoms with Crippen LogP contribution in [0.25, 0.3) is 0 Å². The van der Waals surface area contributed by atoms with Crippen LogP contribution in [-0.2, 0) is 17.8 Å². The van der Waals surface area contributed by atoms with Gasteiger partial charge in [0.05, 0.1) is 0 Å². The molecule has 1 fully saturated rings. The molecule has 0 spiro atoms. The van der Waals surface area contributed by atoms with E-state index in [9.17, 15) is 0 Å². The summed E-state index contributed by atoms with van der Waals surface area (Å²) in [5, 5.41) is 6.83. The van der Waals surface area contributed by atoms with Gasteiger partial charge >= 0.3 is 0 Å². The summed E-state index contributed by atoms with van der Waals surface area (Å²) in [5.41, 5.74) is 2.77. The van der Waals surface area contributed by atoms with Crippen molar-refractivity contribution < 1.29 is 4.74 Å². The molecule has 0 atom stereocenters. The van der Waals surface area contributed by atoms with Crippen LogP contribution in [0.15, 0.2) is 29.3 Å². The number of hydrogen-bond acceptors (Lipinski definition) is 3. The number of aliphatic imine (C=N–C) groups is 1. The van der Waals surface area contributed by atoms with Crippen LogP contribution in [0, 0.1) is 5.92 Å². The minimum Gasteiger partial charge on any atom is -0.381 e. The topological polar surface area (TPSA) is 48.9 Å². The normalized spacial score (nSPS) is 15.9. The molecule has 1 heterocycles. The standard InChI is InChI=1S/C22H38N4O/c1-19(2)18-27-15-9-12-24-22(23-3)25-16-20-10-5-6-11-21(20)17-26-13-7-4-8-14-26/h5-6,10-11,19H,4,7-9,12-18H2,1-3H3,(H2,23,24,25). The summed E-state index contributed by atoms with van der Waals surface area (Å²) in [7, 11) is 1.82. The molecule has 0 unspecified atom stereocenters. The summed E-state index contributed by atoms with van der Waals surface area (Å²) < 4.78 is 5.62. The number of benzene rings is 1. The zero-order valence-corrected chi connectivity index (χ0v) is 17.5. The molecule has 1 aromatic carbocycles. The molecular formula is C22H38N4O. The van der Waals surface area contributed by atoms with Gasteiger partial charge in [0.1, 0.15) is 0 Å². The molecule has 2 N–H and O–H groups in total. The Morgan fingerprint density at radius 3 is 2.56 bits per heavy atom. The fourth-order valence-corrected chi connectivity index (χ4v) is 3.34. The van der Waals surface area contributed by atoms with Crippen LogP contribution >= 0.6 is 0 Å². The zero-order chi connectivity index (χ0) is 19.3. The predicted octanol–water partition coefficient (Wildman–Crippen LogP) is 3.40. The minimum absolute atomic E-state index is 0.595. The van der Waals surface area contributed by atoms with Gasteiger partial charge in [-0.05, 0) is 49.4 Å². The third-order valence-electron chi connectivity index (χ3n) is 4.84. The molecule has 0 aromatic heterocycles. The van der Waals surface area contributed by atoms with Crippen LogP contribution < -0.4 is 10.6 Å². The lowest BCUT2D eigenvalue weighted by Gasteiger charge is -2.27. The van der Waals surface area contributed by atoms with E-state index < -0.39 is 0 Å². The Balaban J connectivity index is 1.73. The Bertz CT molecular complexity index is 553. The highest BCUT2D eigenvalue weighted by Crippen LogP contribution is 2.16. The smallest absolute Gasteiger partial charge is 0.191 e. The van der Waals surface area contributed by atoms with E-state index in [4.69, 9.17) is 4.74 Å². The first-order valence-electron chi connectivity index (χ1n) is 10.5. The van der Waals surface area contributed by atoms with Crippen molar-refractivity contribution >= 4 is 5.96 Å². The molecule has 0 radical (unpaired) electrons. The third-order valence-corrected chi connectivity index (χ3v) is 4.84. The van der Waals surface area contributed by atoms with E-state index in [1.807, 2.05) is 7.05 Å². The van der Waals surface area contributed by atoms with Crippen molar-refractivity contribution in [3.63, 3.8) is 0 Å². The zero-order valence-electron chi connectivity index (χ0n) is 17.5. The Morgan fingerprint density at radius 2 is 1.85 bits per heavy atom. The van der Waals surface area contributed by atoms with Gasteiger partial charge in [0.2, 0.25) is 0 Å². The van der Waals surface area contributed by atoms with E-state index in [0.717, 1.165) is 45.2 Å². The van der Waals surface area contributed by atoms with Gasteiger partial charge in [0.25, 0.3) is 0 Å². The van der Waals surface area contributed by atoms with Crippen molar-refractivity contribution in [1.82, 2.24) is 15.5 Å². The average molecular weight is 375 g/mol. The van der Waals surface area contributed by atoms with Crippen LogP contribution in [0.1, 0.15) is 50.7 Å². The van der Waals surface area contributed by atoms with Crippen LogP contribution in [-0.4, -0.2) is 50.8 Å². The number of likely N-dealkylation sites (tertiary alicyclic amines) is 1. The molecule has 5 nitrogen and oxygen atoms in total. The molecule has 152 valence electrons. The fourth-order valence-electron chi connectivity index (χ4n) is 3.34. The quantitative estimate of drug-likeness (QED) is 0.374. The largest absolute Gasteiger partial charge is 0.381 e. The van der Waals surface area contributed by atoms with Crippen molar-refractivity contribution in [2.45, 2.75) is 52.6 Å². The van der Waals surface area contributed by atoms with Gasteiger partial charge in [-0.2, -0.15) is 0 Å². The second-order valence-corrected chi connectivity index (χ2v) is 7.78.